The Morgan fingerprint density at radius 3 is 2.75 bits per heavy atom. The van der Waals surface area contributed by atoms with Crippen LogP contribution >= 0.6 is 15.9 Å². The van der Waals surface area contributed by atoms with E-state index < -0.39 is 10.0 Å². The highest BCUT2D eigenvalue weighted by molar-refractivity contribution is 9.10. The van der Waals surface area contributed by atoms with Crippen LogP contribution in [-0.4, -0.2) is 31.9 Å². The third-order valence-electron chi connectivity index (χ3n) is 3.98. The first kappa shape index (κ1) is 15.9. The monoisotopic (exact) mass is 360 g/mol. The number of halogens is 1. The molecule has 1 saturated heterocycles. The molecule has 0 aromatic heterocycles. The van der Waals surface area contributed by atoms with Gasteiger partial charge in [0.2, 0.25) is 10.0 Å². The van der Waals surface area contributed by atoms with Gasteiger partial charge >= 0.3 is 0 Å². The fraction of sp³-hybridized carbons (Fsp3) is 0.571. The molecular formula is C14H21BrN2O2S. The van der Waals surface area contributed by atoms with Crippen LogP contribution in [0, 0.1) is 12.8 Å². The molecule has 0 bridgehead atoms. The van der Waals surface area contributed by atoms with E-state index in [1.165, 1.54) is 0 Å². The molecule has 1 heterocycles. The maximum atomic E-state index is 12.9. The third kappa shape index (κ3) is 2.93. The molecule has 6 heteroatoms. The maximum Gasteiger partial charge on any atom is 0.244 e. The predicted octanol–water partition coefficient (Wildman–Crippen LogP) is 2.51. The summed E-state index contributed by atoms with van der Waals surface area (Å²) in [6.45, 7) is 4.93. The Morgan fingerprint density at radius 2 is 2.15 bits per heavy atom. The van der Waals surface area contributed by atoms with Crippen LogP contribution in [0.3, 0.4) is 0 Å². The zero-order valence-electron chi connectivity index (χ0n) is 11.8. The molecule has 20 heavy (non-hydrogen) atoms. The zero-order chi connectivity index (χ0) is 14.9. The van der Waals surface area contributed by atoms with Gasteiger partial charge in [-0.2, -0.15) is 4.31 Å². The molecule has 112 valence electrons. The number of hydrogen-bond acceptors (Lipinski definition) is 3. The first-order valence-electron chi connectivity index (χ1n) is 6.86. The van der Waals surface area contributed by atoms with Gasteiger partial charge in [0.05, 0.1) is 4.90 Å². The van der Waals surface area contributed by atoms with Crippen molar-refractivity contribution in [2.24, 2.45) is 11.7 Å². The van der Waals surface area contributed by atoms with Gasteiger partial charge in [0.15, 0.2) is 0 Å². The van der Waals surface area contributed by atoms with Crippen LogP contribution in [0.15, 0.2) is 27.6 Å². The van der Waals surface area contributed by atoms with Crippen LogP contribution in [0.25, 0.3) is 0 Å². The topological polar surface area (TPSA) is 63.4 Å². The second kappa shape index (κ2) is 6.13. The SMILES string of the molecule is Cc1ccc(S(=O)(=O)N2CCCC(C)C2CN)c(Br)c1. The van der Waals surface area contributed by atoms with E-state index >= 15 is 0 Å². The molecule has 1 aliphatic heterocycles. The van der Waals surface area contributed by atoms with E-state index in [-0.39, 0.29) is 6.04 Å². The predicted molar refractivity (Wildman–Crippen MR) is 84.0 cm³/mol. The van der Waals surface area contributed by atoms with E-state index in [1.54, 1.807) is 10.4 Å². The summed E-state index contributed by atoms with van der Waals surface area (Å²) in [4.78, 5) is 0.329. The van der Waals surface area contributed by atoms with Crippen molar-refractivity contribution < 1.29 is 8.42 Å². The number of aryl methyl sites for hydroxylation is 1. The molecule has 0 spiro atoms. The van der Waals surface area contributed by atoms with Crippen molar-refractivity contribution >= 4 is 26.0 Å². The van der Waals surface area contributed by atoms with Crippen LogP contribution < -0.4 is 5.73 Å². The standard InChI is InChI=1S/C14H21BrN2O2S/c1-10-5-6-14(12(15)8-10)20(18,19)17-7-3-4-11(2)13(17)9-16/h5-6,8,11,13H,3-4,7,9,16H2,1-2H3. The minimum absolute atomic E-state index is 0.109. The third-order valence-corrected chi connectivity index (χ3v) is 6.88. The molecule has 1 aromatic rings. The quantitative estimate of drug-likeness (QED) is 0.900. The Balaban J connectivity index is 2.43. The summed E-state index contributed by atoms with van der Waals surface area (Å²) in [5.41, 5.74) is 6.83. The van der Waals surface area contributed by atoms with Gasteiger partial charge in [0, 0.05) is 23.6 Å². The first-order chi connectivity index (χ1) is 9.37. The van der Waals surface area contributed by atoms with Crippen molar-refractivity contribution in [3.8, 4) is 0 Å². The molecule has 2 N–H and O–H groups in total. The van der Waals surface area contributed by atoms with Crippen molar-refractivity contribution in [2.45, 2.75) is 37.6 Å². The second-order valence-electron chi connectivity index (χ2n) is 5.47. The molecule has 1 aromatic carbocycles. The van der Waals surface area contributed by atoms with Crippen molar-refractivity contribution in [1.29, 1.82) is 0 Å². The van der Waals surface area contributed by atoms with Gasteiger partial charge in [0.1, 0.15) is 0 Å². The van der Waals surface area contributed by atoms with Gasteiger partial charge in [-0.25, -0.2) is 8.42 Å². The number of piperidine rings is 1. The van der Waals surface area contributed by atoms with Gasteiger partial charge in [-0.05, 0) is 59.3 Å². The minimum Gasteiger partial charge on any atom is -0.329 e. The molecule has 4 nitrogen and oxygen atoms in total. The van der Waals surface area contributed by atoms with E-state index in [9.17, 15) is 8.42 Å². The zero-order valence-corrected chi connectivity index (χ0v) is 14.2. The van der Waals surface area contributed by atoms with Crippen molar-refractivity contribution in [3.63, 3.8) is 0 Å². The summed E-state index contributed by atoms with van der Waals surface area (Å²) in [5.74, 6) is 0.299. The molecule has 1 fully saturated rings. The van der Waals surface area contributed by atoms with E-state index in [0.717, 1.165) is 18.4 Å². The minimum atomic E-state index is -3.50. The highest BCUT2D eigenvalue weighted by Crippen LogP contribution is 2.32. The molecular weight excluding hydrogens is 340 g/mol. The molecule has 0 amide bonds. The van der Waals surface area contributed by atoms with Crippen LogP contribution in [0.5, 0.6) is 0 Å². The van der Waals surface area contributed by atoms with Crippen LogP contribution in [0.1, 0.15) is 25.3 Å². The average molecular weight is 361 g/mol. The van der Waals surface area contributed by atoms with E-state index in [1.807, 2.05) is 19.1 Å². The lowest BCUT2D eigenvalue weighted by Crippen LogP contribution is -2.51. The van der Waals surface area contributed by atoms with E-state index in [4.69, 9.17) is 5.73 Å². The van der Waals surface area contributed by atoms with Gasteiger partial charge in [0.25, 0.3) is 0 Å². The van der Waals surface area contributed by atoms with Gasteiger partial charge in [-0.15, -0.1) is 0 Å². The van der Waals surface area contributed by atoms with Crippen molar-refractivity contribution in [3.05, 3.63) is 28.2 Å². The van der Waals surface area contributed by atoms with Crippen LogP contribution in [0.4, 0.5) is 0 Å². The Bertz CT molecular complexity index is 589. The van der Waals surface area contributed by atoms with Crippen LogP contribution in [0.2, 0.25) is 0 Å². The Kier molecular flexibility index (Phi) is 4.89. The van der Waals surface area contributed by atoms with Gasteiger partial charge in [-0.1, -0.05) is 13.0 Å². The summed E-state index contributed by atoms with van der Waals surface area (Å²) in [6.07, 6.45) is 1.92. The molecule has 1 aliphatic rings. The molecule has 0 radical (unpaired) electrons. The number of nitrogens with zero attached hydrogens (tertiary/aromatic N) is 1. The number of hydrogen-bond donors (Lipinski definition) is 1. The molecule has 0 aliphatic carbocycles. The summed E-state index contributed by atoms with van der Waals surface area (Å²) >= 11 is 3.37. The molecule has 2 unspecified atom stereocenters. The highest BCUT2D eigenvalue weighted by Gasteiger charge is 2.37. The van der Waals surface area contributed by atoms with E-state index in [2.05, 4.69) is 22.9 Å². The second-order valence-corrected chi connectivity index (χ2v) is 8.19. The van der Waals surface area contributed by atoms with Crippen molar-refractivity contribution in [2.75, 3.05) is 13.1 Å². The van der Waals surface area contributed by atoms with Gasteiger partial charge < -0.3 is 5.73 Å². The number of benzene rings is 1. The lowest BCUT2D eigenvalue weighted by molar-refractivity contribution is 0.192. The summed E-state index contributed by atoms with van der Waals surface area (Å²) in [5, 5.41) is 0. The normalized spacial score (nSPS) is 24.8. The Labute approximate surface area is 129 Å². The van der Waals surface area contributed by atoms with Gasteiger partial charge in [-0.3, -0.25) is 0 Å². The summed E-state index contributed by atoms with van der Waals surface area (Å²) < 4.78 is 27.9. The molecule has 2 rings (SSSR count). The fourth-order valence-corrected chi connectivity index (χ4v) is 5.73. The maximum absolute atomic E-state index is 12.9. The Morgan fingerprint density at radius 1 is 1.45 bits per heavy atom. The highest BCUT2D eigenvalue weighted by atomic mass is 79.9. The molecule has 2 atom stereocenters. The molecule has 0 saturated carbocycles. The van der Waals surface area contributed by atoms with E-state index in [0.29, 0.717) is 28.4 Å². The average Bonchev–Trinajstić information content (AvgIpc) is 2.37. The number of sulfonamides is 1. The number of nitrogens with two attached hydrogens (primary N) is 1. The summed E-state index contributed by atoms with van der Waals surface area (Å²) in [6, 6.07) is 5.21. The van der Waals surface area contributed by atoms with Crippen LogP contribution in [-0.2, 0) is 10.0 Å². The fourth-order valence-electron chi connectivity index (χ4n) is 2.80. The smallest absolute Gasteiger partial charge is 0.244 e. The van der Waals surface area contributed by atoms with Crippen molar-refractivity contribution in [1.82, 2.24) is 4.31 Å². The Hall–Kier alpha value is -0.430. The first-order valence-corrected chi connectivity index (χ1v) is 9.09. The summed E-state index contributed by atoms with van der Waals surface area (Å²) in [7, 11) is -3.50. The lowest BCUT2D eigenvalue weighted by atomic mass is 9.93. The largest absolute Gasteiger partial charge is 0.329 e. The lowest BCUT2D eigenvalue weighted by Gasteiger charge is -2.38. The number of rotatable bonds is 3.